The van der Waals surface area contributed by atoms with Crippen molar-refractivity contribution in [2.75, 3.05) is 26.1 Å². The second-order valence-electron chi connectivity index (χ2n) is 4.20. The highest BCUT2D eigenvalue weighted by atomic mass is 32.2. The van der Waals surface area contributed by atoms with E-state index in [-0.39, 0.29) is 17.5 Å². The summed E-state index contributed by atoms with van der Waals surface area (Å²) in [6, 6.07) is 7.01. The molecule has 1 aromatic carbocycles. The molecule has 0 N–H and O–H groups in total. The van der Waals surface area contributed by atoms with Crippen LogP contribution in [0.25, 0.3) is 0 Å². The van der Waals surface area contributed by atoms with E-state index in [1.165, 1.54) is 0 Å². The number of hydrogen-bond donors (Lipinski definition) is 0. The van der Waals surface area contributed by atoms with Crippen molar-refractivity contribution in [1.82, 2.24) is 0 Å². The number of rotatable bonds is 5. The van der Waals surface area contributed by atoms with Crippen molar-refractivity contribution < 1.29 is 18.5 Å². The van der Waals surface area contributed by atoms with Gasteiger partial charge in [0.15, 0.2) is 5.78 Å². The van der Waals surface area contributed by atoms with E-state index in [2.05, 4.69) is 0 Å². The Morgan fingerprint density at radius 2 is 2.39 bits per heavy atom. The van der Waals surface area contributed by atoms with E-state index in [0.717, 1.165) is 6.42 Å². The SMILES string of the molecule is COc1cccc(S(=O)CC(=O)C2CCOC2)c1. The third-order valence-corrected chi connectivity index (χ3v) is 4.29. The van der Waals surface area contributed by atoms with Gasteiger partial charge in [0.2, 0.25) is 0 Å². The number of carbonyl (C=O) groups excluding carboxylic acids is 1. The van der Waals surface area contributed by atoms with Gasteiger partial charge in [0, 0.05) is 17.4 Å². The van der Waals surface area contributed by atoms with Gasteiger partial charge in [-0.25, -0.2) is 0 Å². The zero-order chi connectivity index (χ0) is 13.0. The van der Waals surface area contributed by atoms with Gasteiger partial charge in [-0.1, -0.05) is 6.07 Å². The molecule has 1 aromatic rings. The van der Waals surface area contributed by atoms with E-state index in [1.807, 2.05) is 0 Å². The number of ketones is 1. The summed E-state index contributed by atoms with van der Waals surface area (Å²) in [5, 5.41) is 0. The molecule has 0 bridgehead atoms. The molecule has 1 aliphatic rings. The van der Waals surface area contributed by atoms with Crippen LogP contribution in [0, 0.1) is 5.92 Å². The molecule has 1 fully saturated rings. The Hall–Kier alpha value is -1.20. The molecule has 0 saturated carbocycles. The van der Waals surface area contributed by atoms with Gasteiger partial charge in [-0.15, -0.1) is 0 Å². The zero-order valence-electron chi connectivity index (χ0n) is 10.3. The fourth-order valence-corrected chi connectivity index (χ4v) is 3.00. The van der Waals surface area contributed by atoms with Crippen LogP contribution in [0.15, 0.2) is 29.2 Å². The molecular formula is C13H16O4S. The van der Waals surface area contributed by atoms with Crippen molar-refractivity contribution in [3.63, 3.8) is 0 Å². The summed E-state index contributed by atoms with van der Waals surface area (Å²) in [5.41, 5.74) is 0. The van der Waals surface area contributed by atoms with Crippen LogP contribution in [0.4, 0.5) is 0 Å². The standard InChI is InChI=1S/C13H16O4S/c1-16-11-3-2-4-12(7-11)18(15)9-13(14)10-5-6-17-8-10/h2-4,7,10H,5-6,8-9H2,1H3. The summed E-state index contributed by atoms with van der Waals surface area (Å²) in [5.74, 6) is 0.645. The molecular weight excluding hydrogens is 252 g/mol. The Morgan fingerprint density at radius 1 is 1.56 bits per heavy atom. The Morgan fingerprint density at radius 3 is 3.06 bits per heavy atom. The van der Waals surface area contributed by atoms with Crippen LogP contribution in [-0.4, -0.2) is 36.1 Å². The Kier molecular flexibility index (Phi) is 4.49. The Labute approximate surface area is 109 Å². The maximum absolute atomic E-state index is 12.1. The highest BCUT2D eigenvalue weighted by Gasteiger charge is 2.25. The van der Waals surface area contributed by atoms with E-state index >= 15 is 0 Å². The average molecular weight is 268 g/mol. The minimum atomic E-state index is -1.31. The second kappa shape index (κ2) is 6.11. The predicted molar refractivity (Wildman–Crippen MR) is 68.2 cm³/mol. The monoisotopic (exact) mass is 268 g/mol. The van der Waals surface area contributed by atoms with Gasteiger partial charge in [-0.3, -0.25) is 9.00 Å². The first-order valence-corrected chi connectivity index (χ1v) is 7.15. The maximum Gasteiger partial charge on any atom is 0.151 e. The second-order valence-corrected chi connectivity index (χ2v) is 5.65. The van der Waals surface area contributed by atoms with Crippen molar-refractivity contribution in [2.24, 2.45) is 5.92 Å². The number of carbonyl (C=O) groups is 1. The van der Waals surface area contributed by atoms with Crippen LogP contribution >= 0.6 is 0 Å². The van der Waals surface area contributed by atoms with Gasteiger partial charge in [0.25, 0.3) is 0 Å². The zero-order valence-corrected chi connectivity index (χ0v) is 11.1. The molecule has 5 heteroatoms. The Balaban J connectivity index is 2.00. The molecule has 1 heterocycles. The largest absolute Gasteiger partial charge is 0.497 e. The van der Waals surface area contributed by atoms with E-state index in [1.54, 1.807) is 31.4 Å². The molecule has 0 radical (unpaired) electrons. The van der Waals surface area contributed by atoms with Gasteiger partial charge >= 0.3 is 0 Å². The van der Waals surface area contributed by atoms with Gasteiger partial charge in [-0.05, 0) is 24.6 Å². The first kappa shape index (κ1) is 13.2. The number of ether oxygens (including phenoxy) is 2. The lowest BCUT2D eigenvalue weighted by atomic mass is 10.1. The fourth-order valence-electron chi connectivity index (χ4n) is 1.86. The van der Waals surface area contributed by atoms with Gasteiger partial charge in [0.1, 0.15) is 5.75 Å². The first-order valence-electron chi connectivity index (χ1n) is 5.83. The normalized spacial score (nSPS) is 20.6. The summed E-state index contributed by atoms with van der Waals surface area (Å²) in [4.78, 5) is 12.5. The molecule has 0 aliphatic carbocycles. The third kappa shape index (κ3) is 3.17. The molecule has 18 heavy (non-hydrogen) atoms. The number of methoxy groups -OCH3 is 1. The molecule has 1 aliphatic heterocycles. The molecule has 2 rings (SSSR count). The summed E-state index contributed by atoms with van der Waals surface area (Å²) >= 11 is 0. The van der Waals surface area contributed by atoms with Crippen LogP contribution in [0.1, 0.15) is 6.42 Å². The average Bonchev–Trinajstić information content (AvgIpc) is 2.92. The molecule has 0 spiro atoms. The molecule has 0 amide bonds. The van der Waals surface area contributed by atoms with Gasteiger partial charge in [0.05, 0.1) is 30.3 Å². The van der Waals surface area contributed by atoms with E-state index in [4.69, 9.17) is 9.47 Å². The van der Waals surface area contributed by atoms with Gasteiger partial charge < -0.3 is 9.47 Å². The molecule has 98 valence electrons. The predicted octanol–water partition coefficient (Wildman–Crippen LogP) is 1.41. The first-order chi connectivity index (χ1) is 8.70. The maximum atomic E-state index is 12.1. The third-order valence-electron chi connectivity index (χ3n) is 2.96. The highest BCUT2D eigenvalue weighted by molar-refractivity contribution is 7.85. The lowest BCUT2D eigenvalue weighted by molar-refractivity contribution is -0.120. The van der Waals surface area contributed by atoms with E-state index < -0.39 is 10.8 Å². The van der Waals surface area contributed by atoms with E-state index in [0.29, 0.717) is 23.9 Å². The number of benzene rings is 1. The van der Waals surface area contributed by atoms with Crippen molar-refractivity contribution in [3.8, 4) is 5.75 Å². The Bertz CT molecular complexity index is 452. The summed E-state index contributed by atoms with van der Waals surface area (Å²) in [6.07, 6.45) is 0.744. The van der Waals surface area contributed by atoms with Gasteiger partial charge in [-0.2, -0.15) is 0 Å². The lowest BCUT2D eigenvalue weighted by Gasteiger charge is -2.07. The molecule has 4 nitrogen and oxygen atoms in total. The molecule has 1 saturated heterocycles. The smallest absolute Gasteiger partial charge is 0.151 e. The number of hydrogen-bond acceptors (Lipinski definition) is 4. The quantitative estimate of drug-likeness (QED) is 0.810. The van der Waals surface area contributed by atoms with Crippen molar-refractivity contribution in [3.05, 3.63) is 24.3 Å². The lowest BCUT2D eigenvalue weighted by Crippen LogP contribution is -2.21. The van der Waals surface area contributed by atoms with Crippen LogP contribution in [0.2, 0.25) is 0 Å². The number of Topliss-reactive ketones (excluding diaryl/α,β-unsaturated/α-hetero) is 1. The highest BCUT2D eigenvalue weighted by Crippen LogP contribution is 2.18. The minimum absolute atomic E-state index is 0.0219. The summed E-state index contributed by atoms with van der Waals surface area (Å²) in [7, 11) is 0.252. The fraction of sp³-hybridized carbons (Fsp3) is 0.462. The molecule has 0 aromatic heterocycles. The van der Waals surface area contributed by atoms with Crippen LogP contribution in [0.5, 0.6) is 5.75 Å². The minimum Gasteiger partial charge on any atom is -0.497 e. The van der Waals surface area contributed by atoms with Crippen LogP contribution in [-0.2, 0) is 20.3 Å². The molecule has 2 atom stereocenters. The topological polar surface area (TPSA) is 52.6 Å². The van der Waals surface area contributed by atoms with Crippen LogP contribution < -0.4 is 4.74 Å². The van der Waals surface area contributed by atoms with E-state index in [9.17, 15) is 9.00 Å². The summed E-state index contributed by atoms with van der Waals surface area (Å²) < 4.78 is 22.3. The van der Waals surface area contributed by atoms with Crippen molar-refractivity contribution in [1.29, 1.82) is 0 Å². The van der Waals surface area contributed by atoms with Crippen molar-refractivity contribution in [2.45, 2.75) is 11.3 Å². The summed E-state index contributed by atoms with van der Waals surface area (Å²) in [6.45, 7) is 1.09. The van der Waals surface area contributed by atoms with Crippen molar-refractivity contribution >= 4 is 16.6 Å². The molecule has 2 unspecified atom stereocenters. The van der Waals surface area contributed by atoms with Crippen LogP contribution in [0.3, 0.4) is 0 Å².